The Bertz CT molecular complexity index is 475. The van der Waals surface area contributed by atoms with Gasteiger partial charge in [-0.2, -0.15) is 0 Å². The Morgan fingerprint density at radius 1 is 1.53 bits per heavy atom. The Kier molecular flexibility index (Phi) is 4.21. The molecule has 0 atom stereocenters. The third kappa shape index (κ3) is 3.57. The highest BCUT2D eigenvalue weighted by molar-refractivity contribution is 5.92. The zero-order chi connectivity index (χ0) is 13.8. The van der Waals surface area contributed by atoms with Crippen LogP contribution < -0.4 is 11.1 Å². The van der Waals surface area contributed by atoms with Gasteiger partial charge in [0.1, 0.15) is 5.82 Å². The number of nitrogen functional groups attached to an aromatic ring is 1. The molecule has 0 radical (unpaired) electrons. The number of hydrogen-bond acceptors (Lipinski definition) is 5. The molecule has 2 rings (SSSR count). The molecule has 0 heterocycles. The normalized spacial score (nSPS) is 14.2. The van der Waals surface area contributed by atoms with Crippen LogP contribution in [0.5, 0.6) is 0 Å². The second kappa shape index (κ2) is 5.88. The molecule has 0 amide bonds. The molecule has 1 fully saturated rings. The van der Waals surface area contributed by atoms with E-state index in [0.717, 1.165) is 18.9 Å². The van der Waals surface area contributed by atoms with E-state index < -0.39 is 11.8 Å². The quantitative estimate of drug-likeness (QED) is 0.467. The molecule has 19 heavy (non-hydrogen) atoms. The molecule has 1 aliphatic carbocycles. The Morgan fingerprint density at radius 3 is 2.89 bits per heavy atom. The van der Waals surface area contributed by atoms with Gasteiger partial charge in [-0.3, -0.25) is 0 Å². The van der Waals surface area contributed by atoms with E-state index in [4.69, 9.17) is 10.5 Å². The molecule has 0 unspecified atom stereocenters. The molecule has 0 aliphatic heterocycles. The minimum absolute atomic E-state index is 0.0147. The molecular weight excluding hydrogens is 251 g/mol. The maximum Gasteiger partial charge on any atom is 0.338 e. The highest BCUT2D eigenvalue weighted by Gasteiger charge is 2.21. The van der Waals surface area contributed by atoms with E-state index in [1.54, 1.807) is 0 Å². The van der Waals surface area contributed by atoms with Gasteiger partial charge in [0.15, 0.2) is 0 Å². The fourth-order valence-electron chi connectivity index (χ4n) is 1.65. The monoisotopic (exact) mass is 268 g/mol. The third-order valence-corrected chi connectivity index (χ3v) is 2.85. The number of nitrogens with two attached hydrogens (primary N) is 1. The average Bonchev–Trinajstić information content (AvgIpc) is 3.22. The summed E-state index contributed by atoms with van der Waals surface area (Å²) in [6.45, 7) is 1.03. The number of anilines is 2. The Labute approximate surface area is 110 Å². The summed E-state index contributed by atoms with van der Waals surface area (Å²) in [4.78, 5) is 11.4. The summed E-state index contributed by atoms with van der Waals surface area (Å²) >= 11 is 0. The zero-order valence-corrected chi connectivity index (χ0v) is 10.7. The topological polar surface area (TPSA) is 73.6 Å². The van der Waals surface area contributed by atoms with Gasteiger partial charge in [-0.15, -0.1) is 0 Å². The van der Waals surface area contributed by atoms with Crippen LogP contribution in [-0.4, -0.2) is 32.3 Å². The first-order valence-electron chi connectivity index (χ1n) is 6.14. The average molecular weight is 268 g/mol. The molecule has 5 nitrogen and oxygen atoms in total. The van der Waals surface area contributed by atoms with Crippen LogP contribution in [0.25, 0.3) is 0 Å². The summed E-state index contributed by atoms with van der Waals surface area (Å²) in [5, 5.41) is 2.96. The van der Waals surface area contributed by atoms with Gasteiger partial charge in [-0.05, 0) is 25.0 Å². The highest BCUT2D eigenvalue weighted by atomic mass is 19.1. The van der Waals surface area contributed by atoms with E-state index in [2.05, 4.69) is 10.1 Å². The third-order valence-electron chi connectivity index (χ3n) is 2.85. The molecule has 3 N–H and O–H groups in total. The molecule has 0 bridgehead atoms. The number of esters is 1. The summed E-state index contributed by atoms with van der Waals surface area (Å²) in [6, 6.07) is 2.54. The second-order valence-electron chi connectivity index (χ2n) is 4.41. The van der Waals surface area contributed by atoms with Crippen LogP contribution in [0.3, 0.4) is 0 Å². The van der Waals surface area contributed by atoms with E-state index in [-0.39, 0.29) is 11.3 Å². The lowest BCUT2D eigenvalue weighted by molar-refractivity contribution is 0.0600. The maximum atomic E-state index is 13.6. The van der Waals surface area contributed by atoms with Gasteiger partial charge in [-0.1, -0.05) is 0 Å². The summed E-state index contributed by atoms with van der Waals surface area (Å²) < 4.78 is 23.6. The van der Waals surface area contributed by atoms with Crippen molar-refractivity contribution in [2.24, 2.45) is 0 Å². The number of rotatable bonds is 6. The van der Waals surface area contributed by atoms with E-state index in [9.17, 15) is 9.18 Å². The number of halogens is 1. The van der Waals surface area contributed by atoms with Crippen LogP contribution in [0.4, 0.5) is 15.8 Å². The lowest BCUT2D eigenvalue weighted by atomic mass is 10.1. The molecule has 0 saturated heterocycles. The zero-order valence-electron chi connectivity index (χ0n) is 10.7. The number of benzene rings is 1. The lowest BCUT2D eigenvalue weighted by Crippen LogP contribution is -2.13. The van der Waals surface area contributed by atoms with Gasteiger partial charge in [-0.25, -0.2) is 9.18 Å². The van der Waals surface area contributed by atoms with Gasteiger partial charge >= 0.3 is 5.97 Å². The van der Waals surface area contributed by atoms with Crippen molar-refractivity contribution in [3.8, 4) is 0 Å². The number of carbonyl (C=O) groups is 1. The number of hydrogen-bond donors (Lipinski definition) is 2. The predicted octanol–water partition coefficient (Wildman–Crippen LogP) is 1.79. The number of methoxy groups -OCH3 is 1. The van der Waals surface area contributed by atoms with Crippen LogP contribution >= 0.6 is 0 Å². The van der Waals surface area contributed by atoms with Crippen LogP contribution in [0.2, 0.25) is 0 Å². The summed E-state index contributed by atoms with van der Waals surface area (Å²) in [5.41, 5.74) is 6.10. The van der Waals surface area contributed by atoms with Crippen molar-refractivity contribution in [1.82, 2.24) is 0 Å². The Hall–Kier alpha value is -1.82. The maximum absolute atomic E-state index is 13.6. The van der Waals surface area contributed by atoms with Crippen LogP contribution in [0.1, 0.15) is 23.2 Å². The fourth-order valence-corrected chi connectivity index (χ4v) is 1.65. The van der Waals surface area contributed by atoms with Crippen molar-refractivity contribution in [3.63, 3.8) is 0 Å². The standard InChI is InChI=1S/C13H17FN2O3/c1-18-13(17)8-6-10(14)12(15)11(7-8)16-4-5-19-9-2-3-9/h6-7,9,16H,2-5,15H2,1H3. The van der Waals surface area contributed by atoms with E-state index >= 15 is 0 Å². The first kappa shape index (κ1) is 13.6. The SMILES string of the molecule is COC(=O)c1cc(F)c(N)c(NCCOC2CC2)c1. The molecule has 1 saturated carbocycles. The molecule has 6 heteroatoms. The predicted molar refractivity (Wildman–Crippen MR) is 69.6 cm³/mol. The first-order chi connectivity index (χ1) is 9.11. The van der Waals surface area contributed by atoms with E-state index in [0.29, 0.717) is 24.9 Å². The second-order valence-corrected chi connectivity index (χ2v) is 4.41. The van der Waals surface area contributed by atoms with E-state index in [1.807, 2.05) is 0 Å². The molecule has 1 aliphatic rings. The highest BCUT2D eigenvalue weighted by Crippen LogP contribution is 2.25. The molecule has 104 valence electrons. The first-order valence-corrected chi connectivity index (χ1v) is 6.14. The van der Waals surface area contributed by atoms with Gasteiger partial charge in [0.2, 0.25) is 0 Å². The lowest BCUT2D eigenvalue weighted by Gasteiger charge is -2.11. The molecular formula is C13H17FN2O3. The minimum Gasteiger partial charge on any atom is -0.465 e. The number of ether oxygens (including phenoxy) is 2. The fraction of sp³-hybridized carbons (Fsp3) is 0.462. The van der Waals surface area contributed by atoms with Crippen LogP contribution in [0.15, 0.2) is 12.1 Å². The minimum atomic E-state index is -0.645. The summed E-state index contributed by atoms with van der Waals surface area (Å²) in [5.74, 6) is -1.25. The number of carbonyl (C=O) groups excluding carboxylic acids is 1. The number of nitrogens with one attached hydrogen (secondary N) is 1. The van der Waals surface area contributed by atoms with Gasteiger partial charge in [0.05, 0.1) is 36.8 Å². The smallest absolute Gasteiger partial charge is 0.338 e. The van der Waals surface area contributed by atoms with Gasteiger partial charge in [0, 0.05) is 6.54 Å². The van der Waals surface area contributed by atoms with E-state index in [1.165, 1.54) is 13.2 Å². The largest absolute Gasteiger partial charge is 0.465 e. The van der Waals surface area contributed by atoms with Gasteiger partial charge in [0.25, 0.3) is 0 Å². The van der Waals surface area contributed by atoms with Crippen molar-refractivity contribution < 1.29 is 18.7 Å². The van der Waals surface area contributed by atoms with Crippen molar-refractivity contribution in [2.45, 2.75) is 18.9 Å². The Morgan fingerprint density at radius 2 is 2.26 bits per heavy atom. The van der Waals surface area contributed by atoms with Crippen LogP contribution in [0, 0.1) is 5.82 Å². The summed E-state index contributed by atoms with van der Waals surface area (Å²) in [7, 11) is 1.24. The van der Waals surface area contributed by atoms with Crippen molar-refractivity contribution in [2.75, 3.05) is 31.3 Å². The molecule has 0 spiro atoms. The van der Waals surface area contributed by atoms with Crippen molar-refractivity contribution in [1.29, 1.82) is 0 Å². The molecule has 0 aromatic heterocycles. The van der Waals surface area contributed by atoms with Crippen LogP contribution in [-0.2, 0) is 9.47 Å². The van der Waals surface area contributed by atoms with Crippen molar-refractivity contribution in [3.05, 3.63) is 23.5 Å². The van der Waals surface area contributed by atoms with Crippen molar-refractivity contribution >= 4 is 17.3 Å². The Balaban J connectivity index is 2.00. The molecule has 1 aromatic carbocycles. The summed E-state index contributed by atoms with van der Waals surface area (Å²) in [6.07, 6.45) is 2.58. The van der Waals surface area contributed by atoms with Gasteiger partial charge < -0.3 is 20.5 Å². The molecule has 1 aromatic rings.